The lowest BCUT2D eigenvalue weighted by atomic mass is 10.1. The van der Waals surface area contributed by atoms with Crippen LogP contribution in [0.15, 0.2) is 39.1 Å². The highest BCUT2D eigenvalue weighted by atomic mass is 32.2. The molecule has 1 amide bonds. The Morgan fingerprint density at radius 3 is 2.67 bits per heavy atom. The average molecular weight is 408 g/mol. The molecule has 1 aromatic carbocycles. The molecule has 1 N–H and O–H groups in total. The van der Waals surface area contributed by atoms with E-state index in [0.29, 0.717) is 15.7 Å². The summed E-state index contributed by atoms with van der Waals surface area (Å²) in [5.41, 5.74) is 0.816. The molecule has 144 valence electrons. The van der Waals surface area contributed by atoms with E-state index in [2.05, 4.69) is 17.2 Å². The first-order valence-electron chi connectivity index (χ1n) is 8.66. The van der Waals surface area contributed by atoms with Gasteiger partial charge in [0.15, 0.2) is 5.16 Å². The van der Waals surface area contributed by atoms with Crippen LogP contribution in [-0.2, 0) is 11.2 Å². The molecule has 1 aliphatic rings. The number of carbonyl (C=O) groups excluding carboxylic acids is 1. The minimum Gasteiger partial charge on any atom is -0.351 e. The molecule has 1 aliphatic heterocycles. The van der Waals surface area contributed by atoms with Crippen molar-refractivity contribution in [2.24, 2.45) is 0 Å². The fourth-order valence-corrected chi connectivity index (χ4v) is 4.72. The van der Waals surface area contributed by atoms with E-state index >= 15 is 0 Å². The van der Waals surface area contributed by atoms with E-state index < -0.39 is 0 Å². The Kier molecular flexibility index (Phi) is 5.67. The summed E-state index contributed by atoms with van der Waals surface area (Å²) in [6.45, 7) is 7.79. The van der Waals surface area contributed by atoms with Gasteiger partial charge in [-0.3, -0.25) is 14.2 Å². The van der Waals surface area contributed by atoms with Crippen molar-refractivity contribution in [3.63, 3.8) is 0 Å². The summed E-state index contributed by atoms with van der Waals surface area (Å²) in [5, 5.41) is 3.63. The van der Waals surface area contributed by atoms with Gasteiger partial charge in [-0.1, -0.05) is 18.7 Å². The van der Waals surface area contributed by atoms with Gasteiger partial charge in [0.05, 0.1) is 22.0 Å². The van der Waals surface area contributed by atoms with Crippen molar-refractivity contribution in [1.82, 2.24) is 14.9 Å². The largest absolute Gasteiger partial charge is 0.351 e. The van der Waals surface area contributed by atoms with Crippen LogP contribution >= 0.6 is 23.5 Å². The molecule has 27 heavy (non-hydrogen) atoms. The molecule has 0 bridgehead atoms. The smallest absolute Gasteiger partial charge is 0.272 e. The molecular weight excluding hydrogens is 385 g/mol. The molecule has 0 saturated heterocycles. The fraction of sp³-hybridized carbons (Fsp3) is 0.421. The van der Waals surface area contributed by atoms with Gasteiger partial charge in [0.1, 0.15) is 5.82 Å². The summed E-state index contributed by atoms with van der Waals surface area (Å²) >= 11 is 2.73. The third kappa shape index (κ3) is 4.73. The number of aromatic nitrogens is 2. The van der Waals surface area contributed by atoms with Crippen LogP contribution in [0.25, 0.3) is 5.69 Å². The van der Waals surface area contributed by atoms with E-state index in [9.17, 15) is 14.0 Å². The second-order valence-corrected chi connectivity index (χ2v) is 9.90. The molecule has 1 aromatic heterocycles. The molecule has 0 radical (unpaired) electrons. The zero-order valence-electron chi connectivity index (χ0n) is 15.7. The van der Waals surface area contributed by atoms with Crippen LogP contribution in [0.4, 0.5) is 4.39 Å². The van der Waals surface area contributed by atoms with Crippen molar-refractivity contribution in [2.75, 3.05) is 5.75 Å². The second-order valence-electron chi connectivity index (χ2n) is 7.51. The topological polar surface area (TPSA) is 64.0 Å². The molecule has 0 aliphatic carbocycles. The number of thioether (sulfide) groups is 2. The lowest BCUT2D eigenvalue weighted by Gasteiger charge is -2.20. The highest BCUT2D eigenvalue weighted by molar-refractivity contribution is 8.00. The van der Waals surface area contributed by atoms with Crippen molar-refractivity contribution in [1.29, 1.82) is 0 Å². The minimum absolute atomic E-state index is 0.129. The van der Waals surface area contributed by atoms with Crippen LogP contribution in [-0.4, -0.2) is 32.0 Å². The molecule has 5 nitrogen and oxygen atoms in total. The lowest BCUT2D eigenvalue weighted by molar-refractivity contribution is -0.119. The first kappa shape index (κ1) is 19.9. The van der Waals surface area contributed by atoms with Crippen molar-refractivity contribution >= 4 is 29.4 Å². The maximum absolute atomic E-state index is 13.3. The van der Waals surface area contributed by atoms with Crippen LogP contribution in [0.1, 0.15) is 33.4 Å². The number of nitrogens with one attached hydrogen (secondary N) is 1. The normalized spacial score (nSPS) is 16.3. The number of hydrogen-bond donors (Lipinski definition) is 1. The zero-order chi connectivity index (χ0) is 19.8. The highest BCUT2D eigenvalue weighted by Crippen LogP contribution is 2.34. The van der Waals surface area contributed by atoms with E-state index in [4.69, 9.17) is 0 Å². The number of benzene rings is 1. The first-order chi connectivity index (χ1) is 12.6. The first-order valence-corrected chi connectivity index (χ1v) is 10.5. The molecular formula is C19H22FN3O2S2. The Hall–Kier alpha value is -1.80. The summed E-state index contributed by atoms with van der Waals surface area (Å²) in [5.74, 6) is -0.356. The third-order valence-electron chi connectivity index (χ3n) is 3.81. The van der Waals surface area contributed by atoms with Gasteiger partial charge in [0.2, 0.25) is 5.91 Å². The Balaban J connectivity index is 1.98. The molecule has 8 heteroatoms. The zero-order valence-corrected chi connectivity index (χ0v) is 17.3. The van der Waals surface area contributed by atoms with Crippen LogP contribution in [0.2, 0.25) is 0 Å². The van der Waals surface area contributed by atoms with Gasteiger partial charge in [-0.05, 0) is 45.0 Å². The SMILES string of the molecule is CC1Cc2nc(SCC(=O)NC(C)(C)C)n(-c3ccc(F)cc3)c(=O)c2S1. The van der Waals surface area contributed by atoms with E-state index in [-0.39, 0.29) is 33.8 Å². The standard InChI is InChI=1S/C19H22FN3O2S2/c1-11-9-14-16(27-11)17(25)23(13-7-5-12(20)6-8-13)18(21-14)26-10-15(24)22-19(2,3)4/h5-8,11H,9-10H2,1-4H3,(H,22,24). The van der Waals surface area contributed by atoms with Crippen molar-refractivity contribution in [2.45, 2.75) is 55.0 Å². The van der Waals surface area contributed by atoms with Crippen LogP contribution in [0, 0.1) is 5.82 Å². The molecule has 0 saturated carbocycles. The van der Waals surface area contributed by atoms with Gasteiger partial charge in [-0.25, -0.2) is 9.37 Å². The van der Waals surface area contributed by atoms with Gasteiger partial charge >= 0.3 is 0 Å². The Labute approximate surface area is 166 Å². The molecule has 2 aromatic rings. The van der Waals surface area contributed by atoms with Gasteiger partial charge in [-0.2, -0.15) is 0 Å². The van der Waals surface area contributed by atoms with E-state index in [1.54, 1.807) is 12.1 Å². The van der Waals surface area contributed by atoms with Crippen molar-refractivity contribution in [3.05, 3.63) is 46.1 Å². The minimum atomic E-state index is -0.373. The Bertz CT molecular complexity index is 920. The number of hydrogen-bond acceptors (Lipinski definition) is 5. The highest BCUT2D eigenvalue weighted by Gasteiger charge is 2.27. The van der Waals surface area contributed by atoms with Gasteiger partial charge < -0.3 is 5.32 Å². The summed E-state index contributed by atoms with van der Waals surface area (Å²) in [6, 6.07) is 5.72. The number of nitrogens with zero attached hydrogens (tertiary/aromatic N) is 2. The number of carbonyl (C=O) groups is 1. The van der Waals surface area contributed by atoms with E-state index in [1.807, 2.05) is 20.8 Å². The molecule has 3 rings (SSSR count). The maximum Gasteiger partial charge on any atom is 0.272 e. The fourth-order valence-electron chi connectivity index (χ4n) is 2.80. The van der Waals surface area contributed by atoms with Crippen LogP contribution in [0.5, 0.6) is 0 Å². The number of fused-ring (bicyclic) bond motifs is 1. The van der Waals surface area contributed by atoms with Crippen molar-refractivity contribution < 1.29 is 9.18 Å². The number of halogens is 1. The summed E-state index contributed by atoms with van der Waals surface area (Å²) < 4.78 is 14.8. The maximum atomic E-state index is 13.3. The summed E-state index contributed by atoms with van der Waals surface area (Å²) in [4.78, 5) is 30.6. The van der Waals surface area contributed by atoms with Crippen LogP contribution < -0.4 is 10.9 Å². The predicted molar refractivity (Wildman–Crippen MR) is 107 cm³/mol. The van der Waals surface area contributed by atoms with Gasteiger partial charge in [0, 0.05) is 17.2 Å². The number of rotatable bonds is 4. The summed E-state index contributed by atoms with van der Waals surface area (Å²) in [7, 11) is 0. The average Bonchev–Trinajstić information content (AvgIpc) is 2.93. The quantitative estimate of drug-likeness (QED) is 0.622. The van der Waals surface area contributed by atoms with E-state index in [1.165, 1.54) is 40.2 Å². The van der Waals surface area contributed by atoms with E-state index in [0.717, 1.165) is 12.1 Å². The number of amides is 1. The van der Waals surface area contributed by atoms with Gasteiger partial charge in [0.25, 0.3) is 5.56 Å². The summed E-state index contributed by atoms with van der Waals surface area (Å²) in [6.07, 6.45) is 0.723. The molecule has 1 unspecified atom stereocenters. The van der Waals surface area contributed by atoms with Crippen molar-refractivity contribution in [3.8, 4) is 5.69 Å². The molecule has 0 spiro atoms. The van der Waals surface area contributed by atoms with Crippen LogP contribution in [0.3, 0.4) is 0 Å². The molecule has 2 heterocycles. The Morgan fingerprint density at radius 2 is 2.04 bits per heavy atom. The van der Waals surface area contributed by atoms with Gasteiger partial charge in [-0.15, -0.1) is 11.8 Å². The lowest BCUT2D eigenvalue weighted by Crippen LogP contribution is -2.41. The molecule has 1 atom stereocenters. The Morgan fingerprint density at radius 1 is 1.37 bits per heavy atom. The second kappa shape index (κ2) is 7.67. The predicted octanol–water partition coefficient (Wildman–Crippen LogP) is 3.42. The monoisotopic (exact) mass is 407 g/mol. The third-order valence-corrected chi connectivity index (χ3v) is 5.97. The molecule has 0 fully saturated rings.